The van der Waals surface area contributed by atoms with Crippen LogP contribution in [-0.4, -0.2) is 26.2 Å². The van der Waals surface area contributed by atoms with Gasteiger partial charge in [0.1, 0.15) is 5.54 Å². The van der Waals surface area contributed by atoms with Crippen LogP contribution in [0.2, 0.25) is 15.1 Å². The number of aromatic nitrogens is 3. The molecule has 0 saturated heterocycles. The maximum absolute atomic E-state index is 13.1. The summed E-state index contributed by atoms with van der Waals surface area (Å²) in [6, 6.07) is 12.1. The van der Waals surface area contributed by atoms with Gasteiger partial charge >= 0.3 is 0 Å². The van der Waals surface area contributed by atoms with Crippen molar-refractivity contribution in [3.63, 3.8) is 0 Å². The Bertz CT molecular complexity index is 1160. The van der Waals surface area contributed by atoms with Crippen molar-refractivity contribution < 1.29 is 4.79 Å². The van der Waals surface area contributed by atoms with Crippen molar-refractivity contribution in [2.45, 2.75) is 37.6 Å². The van der Waals surface area contributed by atoms with Gasteiger partial charge in [0, 0.05) is 15.6 Å². The molecule has 0 atom stereocenters. The van der Waals surface area contributed by atoms with Gasteiger partial charge in [0.05, 0.1) is 10.7 Å². The normalized spacial score (nSPS) is 15.3. The van der Waals surface area contributed by atoms with Crippen LogP contribution in [0.25, 0.3) is 17.1 Å². The van der Waals surface area contributed by atoms with Crippen molar-refractivity contribution in [3.05, 3.63) is 63.4 Å². The second-order valence-electron chi connectivity index (χ2n) is 7.51. The number of terminal acetylenes is 1. The van der Waals surface area contributed by atoms with Crippen LogP contribution >= 0.6 is 34.8 Å². The van der Waals surface area contributed by atoms with Gasteiger partial charge < -0.3 is 5.32 Å². The van der Waals surface area contributed by atoms with Crippen molar-refractivity contribution >= 4 is 40.7 Å². The molecule has 4 rings (SSSR count). The Hall–Kier alpha value is -2.52. The highest BCUT2D eigenvalue weighted by atomic mass is 35.5. The van der Waals surface area contributed by atoms with Crippen molar-refractivity contribution in [3.8, 4) is 29.4 Å². The first-order chi connectivity index (χ1) is 14.9. The van der Waals surface area contributed by atoms with E-state index >= 15 is 0 Å². The number of benzene rings is 2. The van der Waals surface area contributed by atoms with E-state index in [0.717, 1.165) is 32.1 Å². The largest absolute Gasteiger partial charge is 0.333 e. The van der Waals surface area contributed by atoms with E-state index < -0.39 is 11.4 Å². The SMILES string of the molecule is C#CC1(NC(=O)c2nc(-c3cc(Cl)ccc3Cl)n(-c3ccc(Cl)cc3)n2)CCCCC1. The van der Waals surface area contributed by atoms with Gasteiger partial charge in [-0.15, -0.1) is 11.5 Å². The topological polar surface area (TPSA) is 59.8 Å². The predicted octanol–water partition coefficient (Wildman–Crippen LogP) is 5.96. The first-order valence-electron chi connectivity index (χ1n) is 9.89. The van der Waals surface area contributed by atoms with E-state index in [1.807, 2.05) is 0 Å². The molecule has 158 valence electrons. The summed E-state index contributed by atoms with van der Waals surface area (Å²) in [6.07, 6.45) is 10.3. The van der Waals surface area contributed by atoms with E-state index in [4.69, 9.17) is 41.2 Å². The number of amides is 1. The summed E-state index contributed by atoms with van der Waals surface area (Å²) >= 11 is 18.6. The Balaban J connectivity index is 1.78. The third kappa shape index (κ3) is 4.57. The number of nitrogens with one attached hydrogen (secondary N) is 1. The highest BCUT2D eigenvalue weighted by molar-refractivity contribution is 6.35. The van der Waals surface area contributed by atoms with Crippen molar-refractivity contribution in [2.75, 3.05) is 0 Å². The predicted molar refractivity (Wildman–Crippen MR) is 124 cm³/mol. The zero-order valence-electron chi connectivity index (χ0n) is 16.5. The minimum absolute atomic E-state index is 0.00110. The number of hydrogen-bond donors (Lipinski definition) is 1. The summed E-state index contributed by atoms with van der Waals surface area (Å²) in [5, 5.41) is 8.96. The molecule has 5 nitrogen and oxygen atoms in total. The molecular weight excluding hydrogens is 455 g/mol. The van der Waals surface area contributed by atoms with Crippen LogP contribution in [0.4, 0.5) is 0 Å². The van der Waals surface area contributed by atoms with E-state index in [-0.39, 0.29) is 5.82 Å². The molecule has 1 heterocycles. The average molecular weight is 474 g/mol. The molecule has 0 spiro atoms. The lowest BCUT2D eigenvalue weighted by atomic mass is 9.82. The Morgan fingerprint density at radius 2 is 1.71 bits per heavy atom. The summed E-state index contributed by atoms with van der Waals surface area (Å²) < 4.78 is 1.55. The molecule has 0 unspecified atom stereocenters. The fourth-order valence-electron chi connectivity index (χ4n) is 3.75. The number of hydrogen-bond acceptors (Lipinski definition) is 3. The molecule has 2 aromatic carbocycles. The number of halogens is 3. The van der Waals surface area contributed by atoms with Gasteiger partial charge in [0.2, 0.25) is 5.82 Å². The third-order valence-corrected chi connectivity index (χ3v) is 6.20. The van der Waals surface area contributed by atoms with Crippen LogP contribution in [-0.2, 0) is 0 Å². The van der Waals surface area contributed by atoms with Crippen LogP contribution < -0.4 is 5.32 Å². The van der Waals surface area contributed by atoms with E-state index in [0.29, 0.717) is 32.1 Å². The lowest BCUT2D eigenvalue weighted by molar-refractivity contribution is 0.0893. The fraction of sp³-hybridized carbons (Fsp3) is 0.261. The second kappa shape index (κ2) is 8.92. The van der Waals surface area contributed by atoms with Crippen LogP contribution in [0, 0.1) is 12.3 Å². The quantitative estimate of drug-likeness (QED) is 0.476. The summed E-state index contributed by atoms with van der Waals surface area (Å²) in [4.78, 5) is 17.6. The molecule has 1 N–H and O–H groups in total. The third-order valence-electron chi connectivity index (χ3n) is 5.39. The van der Waals surface area contributed by atoms with Crippen LogP contribution in [0.15, 0.2) is 42.5 Å². The molecule has 1 aromatic heterocycles. The lowest BCUT2D eigenvalue weighted by Gasteiger charge is -2.32. The monoisotopic (exact) mass is 472 g/mol. The Morgan fingerprint density at radius 1 is 1.03 bits per heavy atom. The van der Waals surface area contributed by atoms with Gasteiger partial charge in [-0.1, -0.05) is 60.0 Å². The molecular formula is C23H19Cl3N4O. The lowest BCUT2D eigenvalue weighted by Crippen LogP contribution is -2.48. The van der Waals surface area contributed by atoms with Gasteiger partial charge in [0.25, 0.3) is 5.91 Å². The minimum atomic E-state index is -0.672. The van der Waals surface area contributed by atoms with Crippen LogP contribution in [0.1, 0.15) is 42.7 Å². The smallest absolute Gasteiger partial charge is 0.292 e. The summed E-state index contributed by atoms with van der Waals surface area (Å²) in [5.41, 5.74) is 0.556. The first kappa shape index (κ1) is 21.7. The van der Waals surface area contributed by atoms with Crippen molar-refractivity contribution in [1.29, 1.82) is 0 Å². The highest BCUT2D eigenvalue weighted by Crippen LogP contribution is 2.32. The number of carbonyl (C=O) groups excluding carboxylic acids is 1. The van der Waals surface area contributed by atoms with Gasteiger partial charge in [-0.25, -0.2) is 9.67 Å². The second-order valence-corrected chi connectivity index (χ2v) is 8.79. The highest BCUT2D eigenvalue weighted by Gasteiger charge is 2.33. The Labute approximate surface area is 195 Å². The van der Waals surface area contributed by atoms with Crippen LogP contribution in [0.5, 0.6) is 0 Å². The van der Waals surface area contributed by atoms with E-state index in [2.05, 4.69) is 21.3 Å². The van der Waals surface area contributed by atoms with E-state index in [1.54, 1.807) is 47.1 Å². The van der Waals surface area contributed by atoms with Gasteiger partial charge in [-0.3, -0.25) is 4.79 Å². The molecule has 0 aliphatic heterocycles. The number of nitrogens with zero attached hydrogens (tertiary/aromatic N) is 3. The van der Waals surface area contributed by atoms with Crippen molar-refractivity contribution in [1.82, 2.24) is 20.1 Å². The van der Waals surface area contributed by atoms with Gasteiger partial charge in [-0.2, -0.15) is 0 Å². The van der Waals surface area contributed by atoms with Crippen LogP contribution in [0.3, 0.4) is 0 Å². The molecule has 3 aromatic rings. The molecule has 0 bridgehead atoms. The zero-order chi connectivity index (χ0) is 22.0. The average Bonchev–Trinajstić information content (AvgIpc) is 3.22. The molecule has 1 fully saturated rings. The maximum atomic E-state index is 13.1. The van der Waals surface area contributed by atoms with E-state index in [9.17, 15) is 4.79 Å². The van der Waals surface area contributed by atoms with E-state index in [1.165, 1.54) is 0 Å². The summed E-state index contributed by atoms with van der Waals surface area (Å²) in [6.45, 7) is 0. The first-order valence-corrected chi connectivity index (χ1v) is 11.0. The van der Waals surface area contributed by atoms with Gasteiger partial charge in [-0.05, 0) is 55.3 Å². The molecule has 8 heteroatoms. The molecule has 1 saturated carbocycles. The Kier molecular flexibility index (Phi) is 6.24. The molecule has 0 radical (unpaired) electrons. The minimum Gasteiger partial charge on any atom is -0.333 e. The van der Waals surface area contributed by atoms with Crippen molar-refractivity contribution in [2.24, 2.45) is 0 Å². The molecule has 1 aliphatic carbocycles. The molecule has 31 heavy (non-hydrogen) atoms. The zero-order valence-corrected chi connectivity index (χ0v) is 18.8. The summed E-state index contributed by atoms with van der Waals surface area (Å²) in [7, 11) is 0. The number of carbonyl (C=O) groups is 1. The Morgan fingerprint density at radius 3 is 2.39 bits per heavy atom. The molecule has 1 amide bonds. The maximum Gasteiger partial charge on any atom is 0.292 e. The standard InChI is InChI=1S/C23H19Cl3N4O/c1-2-23(12-4-3-5-13-23)28-22(31)20-27-21(18-14-16(25)8-11-19(18)26)30(29-20)17-9-6-15(24)7-10-17/h1,6-11,14H,3-5,12-13H2,(H,28,31). The molecule has 1 aliphatic rings. The fourth-order valence-corrected chi connectivity index (χ4v) is 4.25. The van der Waals surface area contributed by atoms with Gasteiger partial charge in [0.15, 0.2) is 5.82 Å². The number of rotatable bonds is 4. The summed E-state index contributed by atoms with van der Waals surface area (Å²) in [5.74, 6) is 2.74.